The molecule has 2 aromatic heterocycles. The van der Waals surface area contributed by atoms with Gasteiger partial charge in [-0.2, -0.15) is 5.10 Å². The largest absolute Gasteiger partial charge is 0.497 e. The number of carbonyl (C=O) groups is 2. The Kier molecular flexibility index (Phi) is 5.98. The molecule has 2 N–H and O–H groups in total. The first-order chi connectivity index (χ1) is 16.5. The quantitative estimate of drug-likeness (QED) is 0.423. The number of benzene rings is 2. The zero-order valence-corrected chi connectivity index (χ0v) is 19.4. The van der Waals surface area contributed by atoms with Crippen molar-refractivity contribution in [2.24, 2.45) is 0 Å². The molecular formula is C25H24ClN5O3. The van der Waals surface area contributed by atoms with Gasteiger partial charge in [0.2, 0.25) is 11.8 Å². The minimum atomic E-state index is -0.218. The third-order valence-corrected chi connectivity index (χ3v) is 6.22. The van der Waals surface area contributed by atoms with Crippen LogP contribution in [0.2, 0.25) is 5.02 Å². The van der Waals surface area contributed by atoms with E-state index in [-0.39, 0.29) is 18.4 Å². The molecule has 34 heavy (non-hydrogen) atoms. The van der Waals surface area contributed by atoms with Crippen LogP contribution in [0.3, 0.4) is 0 Å². The number of rotatable bonds is 7. The van der Waals surface area contributed by atoms with E-state index in [1.54, 1.807) is 17.9 Å². The minimum absolute atomic E-state index is 0.0543. The zero-order valence-electron chi connectivity index (χ0n) is 18.7. The van der Waals surface area contributed by atoms with Crippen LogP contribution in [0.15, 0.2) is 54.7 Å². The molecule has 0 saturated heterocycles. The molecule has 4 aromatic rings. The number of nitrogens with one attached hydrogen (secondary N) is 2. The van der Waals surface area contributed by atoms with E-state index < -0.39 is 0 Å². The zero-order chi connectivity index (χ0) is 23.7. The average molecular weight is 478 g/mol. The van der Waals surface area contributed by atoms with Crippen molar-refractivity contribution in [1.82, 2.24) is 20.1 Å². The summed E-state index contributed by atoms with van der Waals surface area (Å²) in [5, 5.41) is 9.23. The number of anilines is 1. The molecule has 5 rings (SSSR count). The second-order valence-corrected chi connectivity index (χ2v) is 8.61. The van der Waals surface area contributed by atoms with Gasteiger partial charge in [-0.05, 0) is 42.3 Å². The van der Waals surface area contributed by atoms with Gasteiger partial charge in [-0.3, -0.25) is 14.5 Å². The lowest BCUT2D eigenvalue weighted by molar-refractivity contribution is -0.124. The van der Waals surface area contributed by atoms with E-state index in [0.29, 0.717) is 42.5 Å². The van der Waals surface area contributed by atoms with E-state index in [4.69, 9.17) is 16.3 Å². The Labute approximate surface area is 201 Å². The molecule has 0 fully saturated rings. The second kappa shape index (κ2) is 9.23. The highest BCUT2D eigenvalue weighted by Gasteiger charge is 2.28. The molecule has 0 radical (unpaired) electrons. The molecule has 8 nitrogen and oxygen atoms in total. The number of H-pyrrole nitrogens is 1. The van der Waals surface area contributed by atoms with Gasteiger partial charge in [-0.15, -0.1) is 0 Å². The van der Waals surface area contributed by atoms with Gasteiger partial charge in [0.05, 0.1) is 19.3 Å². The van der Waals surface area contributed by atoms with Gasteiger partial charge in [-0.25, -0.2) is 4.68 Å². The van der Waals surface area contributed by atoms with Gasteiger partial charge < -0.3 is 15.0 Å². The van der Waals surface area contributed by atoms with Crippen LogP contribution in [0.25, 0.3) is 22.2 Å². The van der Waals surface area contributed by atoms with Crippen molar-refractivity contribution < 1.29 is 14.3 Å². The number of amides is 2. The molecule has 0 spiro atoms. The maximum Gasteiger partial charge on any atom is 0.240 e. The highest BCUT2D eigenvalue weighted by Crippen LogP contribution is 2.29. The number of aryl methyl sites for hydroxylation is 1. The first-order valence-electron chi connectivity index (χ1n) is 11.1. The molecular weight excluding hydrogens is 454 g/mol. The third kappa shape index (κ3) is 4.36. The number of ether oxygens (including phenoxy) is 1. The first-order valence-corrected chi connectivity index (χ1v) is 11.4. The van der Waals surface area contributed by atoms with Crippen LogP contribution in [-0.4, -0.2) is 46.8 Å². The topological polar surface area (TPSA) is 92.3 Å². The smallest absolute Gasteiger partial charge is 0.240 e. The van der Waals surface area contributed by atoms with Crippen molar-refractivity contribution in [2.45, 2.75) is 19.4 Å². The summed E-state index contributed by atoms with van der Waals surface area (Å²) in [6, 6.07) is 15.1. The van der Waals surface area contributed by atoms with Crippen molar-refractivity contribution in [3.05, 3.63) is 65.3 Å². The number of carbonyl (C=O) groups excluding carboxylic acids is 2. The minimum Gasteiger partial charge on any atom is -0.497 e. The molecule has 3 heterocycles. The van der Waals surface area contributed by atoms with Gasteiger partial charge in [0.15, 0.2) is 0 Å². The molecule has 0 saturated carbocycles. The normalized spacial score (nSPS) is 13.2. The van der Waals surface area contributed by atoms with E-state index in [9.17, 15) is 9.59 Å². The third-order valence-electron chi connectivity index (χ3n) is 5.99. The molecule has 1 aliphatic rings. The Balaban J connectivity index is 1.25. The molecule has 0 atom stereocenters. The lowest BCUT2D eigenvalue weighted by Crippen LogP contribution is -2.44. The number of fused-ring (bicyclic) bond motifs is 2. The number of halogens is 1. The molecule has 2 aromatic carbocycles. The number of hydrogen-bond donors (Lipinski definition) is 2. The Morgan fingerprint density at radius 1 is 1.24 bits per heavy atom. The summed E-state index contributed by atoms with van der Waals surface area (Å²) in [7, 11) is 1.64. The van der Waals surface area contributed by atoms with Crippen molar-refractivity contribution in [2.75, 3.05) is 25.1 Å². The second-order valence-electron chi connectivity index (χ2n) is 8.18. The Morgan fingerprint density at radius 3 is 2.94 bits per heavy atom. The van der Waals surface area contributed by atoms with E-state index >= 15 is 0 Å². The summed E-state index contributed by atoms with van der Waals surface area (Å²) < 4.78 is 7.08. The lowest BCUT2D eigenvalue weighted by Gasteiger charge is -2.26. The Morgan fingerprint density at radius 2 is 2.12 bits per heavy atom. The summed E-state index contributed by atoms with van der Waals surface area (Å²) >= 11 is 6.11. The van der Waals surface area contributed by atoms with Gasteiger partial charge in [0.1, 0.15) is 18.1 Å². The predicted octanol–water partition coefficient (Wildman–Crippen LogP) is 3.79. The fourth-order valence-electron chi connectivity index (χ4n) is 4.24. The van der Waals surface area contributed by atoms with E-state index in [0.717, 1.165) is 27.8 Å². The summed E-state index contributed by atoms with van der Waals surface area (Å²) in [5.74, 6) is 1.09. The highest BCUT2D eigenvalue weighted by atomic mass is 35.5. The molecule has 174 valence electrons. The van der Waals surface area contributed by atoms with Crippen molar-refractivity contribution in [3.8, 4) is 17.0 Å². The van der Waals surface area contributed by atoms with E-state index in [2.05, 4.69) is 15.4 Å². The fraction of sp³-hybridized carbons (Fsp3) is 0.240. The van der Waals surface area contributed by atoms with Crippen LogP contribution in [0, 0.1) is 0 Å². The number of aromatic nitrogens is 3. The van der Waals surface area contributed by atoms with Crippen LogP contribution in [-0.2, 0) is 22.6 Å². The fourth-order valence-corrected chi connectivity index (χ4v) is 4.43. The maximum atomic E-state index is 12.7. The van der Waals surface area contributed by atoms with Crippen LogP contribution in [0.1, 0.15) is 12.0 Å². The molecule has 9 heteroatoms. The first kappa shape index (κ1) is 22.0. The number of methoxy groups -OCH3 is 1. The van der Waals surface area contributed by atoms with Crippen molar-refractivity contribution >= 4 is 40.1 Å². The van der Waals surface area contributed by atoms with E-state index in [1.165, 1.54) is 4.90 Å². The van der Waals surface area contributed by atoms with Crippen molar-refractivity contribution in [1.29, 1.82) is 0 Å². The van der Waals surface area contributed by atoms with Crippen LogP contribution in [0.5, 0.6) is 5.75 Å². The molecule has 0 bridgehead atoms. The lowest BCUT2D eigenvalue weighted by atomic mass is 10.1. The highest BCUT2D eigenvalue weighted by molar-refractivity contribution is 6.30. The van der Waals surface area contributed by atoms with Gasteiger partial charge in [0.25, 0.3) is 0 Å². The maximum absolute atomic E-state index is 12.7. The van der Waals surface area contributed by atoms with E-state index in [1.807, 2.05) is 48.7 Å². The predicted molar refractivity (Wildman–Crippen MR) is 131 cm³/mol. The number of aromatic amines is 1. The monoisotopic (exact) mass is 477 g/mol. The van der Waals surface area contributed by atoms with Gasteiger partial charge in [-0.1, -0.05) is 23.7 Å². The standard InChI is InChI=1S/C25H24ClN5O3/c1-34-19-5-6-21-20(12-19)17(14-28-21)7-9-27-23(32)15-30-24-13-22(16-3-2-4-18(26)11-16)29-31(24)10-8-25(30)33/h2-6,11-14,28H,7-10,15H2,1H3,(H,27,32). The van der Waals surface area contributed by atoms with Crippen LogP contribution >= 0.6 is 11.6 Å². The van der Waals surface area contributed by atoms with Gasteiger partial charge >= 0.3 is 0 Å². The summed E-state index contributed by atoms with van der Waals surface area (Å²) in [6.07, 6.45) is 2.90. The Hall–Kier alpha value is -3.78. The average Bonchev–Trinajstić information content (AvgIpc) is 3.45. The molecule has 1 aliphatic heterocycles. The number of nitrogens with zero attached hydrogens (tertiary/aromatic N) is 3. The van der Waals surface area contributed by atoms with Crippen LogP contribution in [0.4, 0.5) is 5.82 Å². The Bertz CT molecular complexity index is 1380. The van der Waals surface area contributed by atoms with Crippen molar-refractivity contribution in [3.63, 3.8) is 0 Å². The van der Waals surface area contributed by atoms with Gasteiger partial charge in [0, 0.05) is 46.7 Å². The number of hydrogen-bond acceptors (Lipinski definition) is 4. The SMILES string of the molecule is COc1ccc2[nH]cc(CCNC(=O)CN3C(=O)CCn4nc(-c5cccc(Cl)c5)cc43)c2c1. The molecule has 0 unspecified atom stereocenters. The summed E-state index contributed by atoms with van der Waals surface area (Å²) in [5.41, 5.74) is 3.69. The molecule has 2 amide bonds. The van der Waals surface area contributed by atoms with Crippen LogP contribution < -0.4 is 15.0 Å². The summed E-state index contributed by atoms with van der Waals surface area (Å²) in [6.45, 7) is 0.885. The summed E-state index contributed by atoms with van der Waals surface area (Å²) in [4.78, 5) is 30.1. The molecule has 0 aliphatic carbocycles.